The number of esters is 1. The van der Waals surface area contributed by atoms with Gasteiger partial charge in [-0.1, -0.05) is 77.9 Å². The average Bonchev–Trinajstić information content (AvgIpc) is 2.46. The molecule has 0 spiro atoms. The highest BCUT2D eigenvalue weighted by Gasteiger charge is 2.30. The zero-order chi connectivity index (χ0) is 19.0. The van der Waals surface area contributed by atoms with Crippen LogP contribution < -0.4 is 11.5 Å². The molecule has 0 amide bonds. The molecule has 24 heavy (non-hydrogen) atoms. The highest BCUT2D eigenvalue weighted by molar-refractivity contribution is 6.78. The molecule has 1 heterocycles. The van der Waals surface area contributed by atoms with E-state index >= 15 is 0 Å². The van der Waals surface area contributed by atoms with Gasteiger partial charge in [-0.3, -0.25) is 10.2 Å². The molecule has 1 unspecified atom stereocenters. The molecule has 1 saturated heterocycles. The van der Waals surface area contributed by atoms with Crippen molar-refractivity contribution in [1.82, 2.24) is 0 Å². The van der Waals surface area contributed by atoms with Crippen molar-refractivity contribution in [2.24, 2.45) is 11.5 Å². The van der Waals surface area contributed by atoms with Gasteiger partial charge in [-0.05, 0) is 12.0 Å². The molecule has 1 atom stereocenters. The molecular formula is C18H41N3O2Si. The second kappa shape index (κ2) is 15.5. The summed E-state index contributed by atoms with van der Waals surface area (Å²) in [5.41, 5.74) is 10.0. The van der Waals surface area contributed by atoms with E-state index in [1.54, 1.807) is 6.04 Å². The summed E-state index contributed by atoms with van der Waals surface area (Å²) in [5, 5.41) is 6.06. The SMILES string of the molecule is CC1CCCC[Si]1(C)C.CCCCCCCOC(C)=O.N=C(N)N. The number of hydrogen-bond acceptors (Lipinski definition) is 3. The molecule has 0 saturated carbocycles. The van der Waals surface area contributed by atoms with Crippen LogP contribution in [-0.4, -0.2) is 26.6 Å². The Bertz CT molecular complexity index is 332. The predicted molar refractivity (Wildman–Crippen MR) is 107 cm³/mol. The van der Waals surface area contributed by atoms with Gasteiger partial charge in [-0.25, -0.2) is 0 Å². The Labute approximate surface area is 150 Å². The third-order valence-electron chi connectivity index (χ3n) is 4.60. The number of unbranched alkanes of at least 4 members (excludes halogenated alkanes) is 4. The molecule has 0 aromatic heterocycles. The number of nitrogens with one attached hydrogen (secondary N) is 1. The van der Waals surface area contributed by atoms with Crippen molar-refractivity contribution in [2.75, 3.05) is 6.61 Å². The second-order valence-corrected chi connectivity index (χ2v) is 12.8. The zero-order valence-corrected chi connectivity index (χ0v) is 17.6. The van der Waals surface area contributed by atoms with Crippen molar-refractivity contribution in [3.05, 3.63) is 0 Å². The quantitative estimate of drug-likeness (QED) is 0.211. The number of nitrogens with two attached hydrogens (primary N) is 2. The smallest absolute Gasteiger partial charge is 0.302 e. The first-order valence-corrected chi connectivity index (χ1v) is 12.6. The van der Waals surface area contributed by atoms with Gasteiger partial charge in [-0.15, -0.1) is 0 Å². The Morgan fingerprint density at radius 1 is 1.17 bits per heavy atom. The lowest BCUT2D eigenvalue weighted by Gasteiger charge is -2.34. The standard InChI is InChI=1S/C9H18O2.C8H18Si.CH5N3/c1-3-4-5-6-7-8-11-9(2)10;1-8-6-4-5-7-9(8,2)3;2-1(3)4/h3-8H2,1-2H3;8H,4-7H2,1-3H3;(H5,2,3,4). The number of rotatable bonds is 6. The van der Waals surface area contributed by atoms with Crippen LogP contribution in [0.25, 0.3) is 0 Å². The van der Waals surface area contributed by atoms with E-state index in [0.717, 1.165) is 12.0 Å². The van der Waals surface area contributed by atoms with Crippen LogP contribution in [0.1, 0.15) is 72.1 Å². The van der Waals surface area contributed by atoms with E-state index in [4.69, 9.17) is 10.1 Å². The van der Waals surface area contributed by atoms with Crippen LogP contribution in [0, 0.1) is 5.41 Å². The summed E-state index contributed by atoms with van der Waals surface area (Å²) in [6.45, 7) is 11.8. The fraction of sp³-hybridized carbons (Fsp3) is 0.889. The highest BCUT2D eigenvalue weighted by Crippen LogP contribution is 2.36. The fourth-order valence-corrected chi connectivity index (χ4v) is 5.23. The van der Waals surface area contributed by atoms with Crippen molar-refractivity contribution in [1.29, 1.82) is 5.41 Å². The molecule has 0 radical (unpaired) electrons. The summed E-state index contributed by atoms with van der Waals surface area (Å²) in [6, 6.07) is 1.58. The lowest BCUT2D eigenvalue weighted by molar-refractivity contribution is -0.141. The van der Waals surface area contributed by atoms with Crippen LogP contribution in [0.2, 0.25) is 24.7 Å². The maximum Gasteiger partial charge on any atom is 0.302 e. The summed E-state index contributed by atoms with van der Waals surface area (Å²) in [7, 11) is -0.694. The molecule has 144 valence electrons. The van der Waals surface area contributed by atoms with E-state index in [0.29, 0.717) is 6.61 Å². The van der Waals surface area contributed by atoms with Crippen LogP contribution in [0.4, 0.5) is 0 Å². The summed E-state index contributed by atoms with van der Waals surface area (Å²) >= 11 is 0. The van der Waals surface area contributed by atoms with Crippen molar-refractivity contribution < 1.29 is 9.53 Å². The minimum atomic E-state index is -0.694. The monoisotopic (exact) mass is 359 g/mol. The Morgan fingerprint density at radius 2 is 1.71 bits per heavy atom. The van der Waals surface area contributed by atoms with Crippen molar-refractivity contribution in [3.8, 4) is 0 Å². The Morgan fingerprint density at radius 3 is 2.08 bits per heavy atom. The first-order chi connectivity index (χ1) is 11.1. The Kier molecular flexibility index (Phi) is 16.3. The molecule has 6 heteroatoms. The van der Waals surface area contributed by atoms with Crippen molar-refractivity contribution in [3.63, 3.8) is 0 Å². The molecular weight excluding hydrogens is 318 g/mol. The third kappa shape index (κ3) is 19.0. The number of hydrogen-bond donors (Lipinski definition) is 3. The van der Waals surface area contributed by atoms with E-state index < -0.39 is 8.07 Å². The maximum absolute atomic E-state index is 10.3. The summed E-state index contributed by atoms with van der Waals surface area (Å²) in [4.78, 5) is 10.3. The second-order valence-electron chi connectivity index (χ2n) is 7.35. The first-order valence-electron chi connectivity index (χ1n) is 9.36. The number of guanidine groups is 1. The van der Waals surface area contributed by atoms with Crippen molar-refractivity contribution >= 4 is 20.0 Å². The van der Waals surface area contributed by atoms with Gasteiger partial charge in [0.05, 0.1) is 14.7 Å². The summed E-state index contributed by atoms with van der Waals surface area (Å²) in [5.74, 6) is -0.500. The minimum Gasteiger partial charge on any atom is -0.466 e. The van der Waals surface area contributed by atoms with Crippen LogP contribution >= 0.6 is 0 Å². The minimum absolute atomic E-state index is 0.166. The number of ether oxygens (including phenoxy) is 1. The Balaban J connectivity index is 0. The fourth-order valence-electron chi connectivity index (χ4n) is 2.59. The molecule has 1 fully saturated rings. The Hall–Kier alpha value is -1.04. The van der Waals surface area contributed by atoms with E-state index in [1.165, 1.54) is 51.9 Å². The molecule has 0 aromatic rings. The highest BCUT2D eigenvalue weighted by atomic mass is 28.3. The van der Waals surface area contributed by atoms with Gasteiger partial charge < -0.3 is 16.2 Å². The van der Waals surface area contributed by atoms with Gasteiger partial charge in [-0.2, -0.15) is 0 Å². The van der Waals surface area contributed by atoms with Crippen LogP contribution in [0.3, 0.4) is 0 Å². The van der Waals surface area contributed by atoms with Crippen molar-refractivity contribution in [2.45, 2.75) is 96.8 Å². The number of carbonyl (C=O) groups is 1. The van der Waals surface area contributed by atoms with E-state index in [1.807, 2.05) is 0 Å². The molecule has 1 aliphatic rings. The molecule has 0 aliphatic carbocycles. The molecule has 0 bridgehead atoms. The van der Waals surface area contributed by atoms with Gasteiger partial charge in [0.2, 0.25) is 0 Å². The predicted octanol–water partition coefficient (Wildman–Crippen LogP) is 4.63. The van der Waals surface area contributed by atoms with Gasteiger partial charge in [0.25, 0.3) is 0 Å². The van der Waals surface area contributed by atoms with Gasteiger partial charge in [0.15, 0.2) is 5.96 Å². The van der Waals surface area contributed by atoms with E-state index in [2.05, 4.69) is 38.4 Å². The molecule has 5 N–H and O–H groups in total. The van der Waals surface area contributed by atoms with E-state index in [9.17, 15) is 4.79 Å². The molecule has 0 aromatic carbocycles. The summed E-state index contributed by atoms with van der Waals surface area (Å²) < 4.78 is 4.78. The zero-order valence-electron chi connectivity index (χ0n) is 16.6. The van der Waals surface area contributed by atoms with Gasteiger partial charge in [0.1, 0.15) is 0 Å². The third-order valence-corrected chi connectivity index (χ3v) is 9.19. The first kappa shape index (κ1) is 25.2. The largest absolute Gasteiger partial charge is 0.466 e. The average molecular weight is 360 g/mol. The lowest BCUT2D eigenvalue weighted by Crippen LogP contribution is -2.33. The lowest BCUT2D eigenvalue weighted by atomic mass is 10.2. The van der Waals surface area contributed by atoms with Crippen LogP contribution in [0.5, 0.6) is 0 Å². The van der Waals surface area contributed by atoms with Crippen LogP contribution in [-0.2, 0) is 9.53 Å². The molecule has 1 rings (SSSR count). The number of carbonyl (C=O) groups excluding carboxylic acids is 1. The molecule has 5 nitrogen and oxygen atoms in total. The van der Waals surface area contributed by atoms with E-state index in [-0.39, 0.29) is 11.9 Å². The maximum atomic E-state index is 10.3. The van der Waals surface area contributed by atoms with Gasteiger partial charge >= 0.3 is 5.97 Å². The summed E-state index contributed by atoms with van der Waals surface area (Å²) in [6.07, 6.45) is 10.5. The normalized spacial score (nSPS) is 18.3. The van der Waals surface area contributed by atoms with Crippen LogP contribution in [0.15, 0.2) is 0 Å². The van der Waals surface area contributed by atoms with Gasteiger partial charge in [0, 0.05) is 6.92 Å². The molecule has 1 aliphatic heterocycles. The topological polar surface area (TPSA) is 102 Å².